The highest BCUT2D eigenvalue weighted by Crippen LogP contribution is 2.29. The summed E-state index contributed by atoms with van der Waals surface area (Å²) in [7, 11) is 0. The number of carbonyl (C=O) groups is 2. The molecule has 1 saturated carbocycles. The lowest BCUT2D eigenvalue weighted by Gasteiger charge is -2.34. The maximum Gasteiger partial charge on any atom is 0.251 e. The molecular weight excluding hydrogens is 365 g/mol. The molecule has 138 valence electrons. The summed E-state index contributed by atoms with van der Waals surface area (Å²) in [5, 5.41) is 6.34. The Morgan fingerprint density at radius 2 is 1.92 bits per heavy atom. The average Bonchev–Trinajstić information content (AvgIpc) is 2.57. The Kier molecular flexibility index (Phi) is 7.07. The predicted molar refractivity (Wildman–Crippen MR) is 97.7 cm³/mol. The third-order valence-electron chi connectivity index (χ3n) is 4.63. The van der Waals surface area contributed by atoms with E-state index in [4.69, 9.17) is 22.1 Å². The van der Waals surface area contributed by atoms with Crippen LogP contribution >= 0.6 is 24.0 Å². The van der Waals surface area contributed by atoms with Crippen LogP contribution in [0.2, 0.25) is 5.02 Å². The number of hydrogen-bond acceptors (Lipinski definition) is 4. The standard InChI is InChI=1S/C17H22ClN3O3.ClH/c18-13-4-2-1-3-12(13)15-16(24-9-14(22)21-15)17(23)20-11-7-5-10(19)6-8-11;/h1-4,10-11,15-16H,5-9,19H2,(H,20,23)(H,21,22);1H/t10?,11?,15-,16+;/m1./s1. The lowest BCUT2D eigenvalue weighted by molar-refractivity contribution is -0.148. The van der Waals surface area contributed by atoms with Crippen molar-refractivity contribution in [1.82, 2.24) is 10.6 Å². The van der Waals surface area contributed by atoms with Gasteiger partial charge in [-0.1, -0.05) is 29.8 Å². The van der Waals surface area contributed by atoms with E-state index in [0.717, 1.165) is 25.7 Å². The van der Waals surface area contributed by atoms with Gasteiger partial charge in [0, 0.05) is 17.1 Å². The van der Waals surface area contributed by atoms with E-state index in [2.05, 4.69) is 10.6 Å². The van der Waals surface area contributed by atoms with Gasteiger partial charge in [0.15, 0.2) is 6.10 Å². The first kappa shape index (κ1) is 20.0. The van der Waals surface area contributed by atoms with Crippen LogP contribution < -0.4 is 16.4 Å². The molecule has 2 atom stereocenters. The van der Waals surface area contributed by atoms with Crippen molar-refractivity contribution in [3.05, 3.63) is 34.9 Å². The SMILES string of the molecule is Cl.NC1CCC(NC(=O)[C@H]2OCC(=O)N[C@@H]2c2ccccc2Cl)CC1. The van der Waals surface area contributed by atoms with Crippen molar-refractivity contribution in [2.75, 3.05) is 6.61 Å². The molecule has 1 heterocycles. The van der Waals surface area contributed by atoms with Gasteiger partial charge in [0.1, 0.15) is 6.61 Å². The smallest absolute Gasteiger partial charge is 0.251 e. The molecule has 1 aromatic rings. The summed E-state index contributed by atoms with van der Waals surface area (Å²) in [6.45, 7) is -0.130. The topological polar surface area (TPSA) is 93.4 Å². The molecule has 2 fully saturated rings. The Morgan fingerprint density at radius 1 is 1.24 bits per heavy atom. The Morgan fingerprint density at radius 3 is 2.60 bits per heavy atom. The normalized spacial score (nSPS) is 29.3. The molecule has 1 aliphatic carbocycles. The monoisotopic (exact) mass is 387 g/mol. The highest BCUT2D eigenvalue weighted by Gasteiger charge is 2.38. The van der Waals surface area contributed by atoms with Crippen LogP contribution in [0.3, 0.4) is 0 Å². The summed E-state index contributed by atoms with van der Waals surface area (Å²) >= 11 is 6.23. The minimum absolute atomic E-state index is 0. The van der Waals surface area contributed by atoms with Crippen molar-refractivity contribution >= 4 is 35.8 Å². The van der Waals surface area contributed by atoms with Crippen LogP contribution in [0.4, 0.5) is 0 Å². The van der Waals surface area contributed by atoms with Gasteiger partial charge in [-0.2, -0.15) is 0 Å². The molecule has 3 rings (SSSR count). The van der Waals surface area contributed by atoms with Gasteiger partial charge in [-0.15, -0.1) is 12.4 Å². The molecule has 0 spiro atoms. The second kappa shape index (κ2) is 8.85. The maximum atomic E-state index is 12.7. The summed E-state index contributed by atoms with van der Waals surface area (Å²) in [5.74, 6) is -0.479. The number of hydrogen-bond donors (Lipinski definition) is 3. The Bertz CT molecular complexity index is 621. The summed E-state index contributed by atoms with van der Waals surface area (Å²) in [6.07, 6.45) is 2.74. The zero-order valence-electron chi connectivity index (χ0n) is 13.7. The van der Waals surface area contributed by atoms with E-state index in [1.807, 2.05) is 6.07 Å². The Hall–Kier alpha value is -1.34. The quantitative estimate of drug-likeness (QED) is 0.735. The fraction of sp³-hybridized carbons (Fsp3) is 0.529. The van der Waals surface area contributed by atoms with Gasteiger partial charge in [0.25, 0.3) is 5.91 Å². The lowest BCUT2D eigenvalue weighted by atomic mass is 9.91. The fourth-order valence-corrected chi connectivity index (χ4v) is 3.55. The van der Waals surface area contributed by atoms with E-state index >= 15 is 0 Å². The zero-order valence-corrected chi connectivity index (χ0v) is 15.3. The first-order valence-corrected chi connectivity index (χ1v) is 8.63. The molecule has 1 saturated heterocycles. The minimum Gasteiger partial charge on any atom is -0.356 e. The van der Waals surface area contributed by atoms with Gasteiger partial charge in [-0.05, 0) is 37.3 Å². The Labute approximate surface area is 158 Å². The van der Waals surface area contributed by atoms with Crippen LogP contribution in [0.25, 0.3) is 0 Å². The van der Waals surface area contributed by atoms with E-state index < -0.39 is 12.1 Å². The van der Waals surface area contributed by atoms with E-state index in [0.29, 0.717) is 10.6 Å². The van der Waals surface area contributed by atoms with E-state index in [1.165, 1.54) is 0 Å². The van der Waals surface area contributed by atoms with Crippen molar-refractivity contribution in [2.24, 2.45) is 5.73 Å². The molecule has 0 unspecified atom stereocenters. The first-order valence-electron chi connectivity index (χ1n) is 8.26. The lowest BCUT2D eigenvalue weighted by Crippen LogP contribution is -2.54. The number of nitrogens with two attached hydrogens (primary N) is 1. The molecule has 0 radical (unpaired) electrons. The Balaban J connectivity index is 0.00000225. The third kappa shape index (κ3) is 4.85. The van der Waals surface area contributed by atoms with Crippen molar-refractivity contribution < 1.29 is 14.3 Å². The number of carbonyl (C=O) groups excluding carboxylic acids is 2. The summed E-state index contributed by atoms with van der Waals surface area (Å²) in [5.41, 5.74) is 6.58. The zero-order chi connectivity index (χ0) is 17.1. The minimum atomic E-state index is -0.793. The van der Waals surface area contributed by atoms with Crippen molar-refractivity contribution in [2.45, 2.75) is 49.9 Å². The van der Waals surface area contributed by atoms with E-state index in [-0.39, 0.29) is 42.9 Å². The first-order chi connectivity index (χ1) is 11.5. The molecule has 1 aliphatic heterocycles. The van der Waals surface area contributed by atoms with Gasteiger partial charge in [-0.3, -0.25) is 9.59 Å². The largest absolute Gasteiger partial charge is 0.356 e. The van der Waals surface area contributed by atoms with Gasteiger partial charge < -0.3 is 21.1 Å². The third-order valence-corrected chi connectivity index (χ3v) is 4.97. The van der Waals surface area contributed by atoms with Crippen LogP contribution in [0.15, 0.2) is 24.3 Å². The number of halogens is 2. The number of morpholine rings is 1. The number of rotatable bonds is 3. The molecule has 6 nitrogen and oxygen atoms in total. The maximum absolute atomic E-state index is 12.7. The van der Waals surface area contributed by atoms with E-state index in [1.54, 1.807) is 18.2 Å². The number of ether oxygens (including phenoxy) is 1. The van der Waals surface area contributed by atoms with E-state index in [9.17, 15) is 9.59 Å². The summed E-state index contributed by atoms with van der Waals surface area (Å²) in [6, 6.07) is 6.88. The predicted octanol–water partition coefficient (Wildman–Crippen LogP) is 1.70. The molecule has 8 heteroatoms. The number of benzene rings is 1. The molecule has 0 bridgehead atoms. The number of amides is 2. The highest BCUT2D eigenvalue weighted by molar-refractivity contribution is 6.31. The summed E-state index contributed by atoms with van der Waals surface area (Å²) < 4.78 is 5.53. The van der Waals surface area contributed by atoms with Crippen molar-refractivity contribution in [3.8, 4) is 0 Å². The molecule has 25 heavy (non-hydrogen) atoms. The van der Waals surface area contributed by atoms with Crippen LogP contribution in [-0.4, -0.2) is 36.6 Å². The van der Waals surface area contributed by atoms with Crippen LogP contribution in [0, 0.1) is 0 Å². The second-order valence-corrected chi connectivity index (χ2v) is 6.83. The molecule has 1 aromatic carbocycles. The van der Waals surface area contributed by atoms with Gasteiger partial charge in [-0.25, -0.2) is 0 Å². The van der Waals surface area contributed by atoms with Gasteiger partial charge in [0.05, 0.1) is 6.04 Å². The molecule has 4 N–H and O–H groups in total. The molecule has 2 aliphatic rings. The van der Waals surface area contributed by atoms with Crippen LogP contribution in [0.1, 0.15) is 37.3 Å². The van der Waals surface area contributed by atoms with Crippen LogP contribution in [-0.2, 0) is 14.3 Å². The molecular formula is C17H23Cl2N3O3. The second-order valence-electron chi connectivity index (χ2n) is 6.42. The van der Waals surface area contributed by atoms with Gasteiger partial charge >= 0.3 is 0 Å². The van der Waals surface area contributed by atoms with Crippen molar-refractivity contribution in [1.29, 1.82) is 0 Å². The summed E-state index contributed by atoms with van der Waals surface area (Å²) in [4.78, 5) is 24.4. The van der Waals surface area contributed by atoms with Crippen molar-refractivity contribution in [3.63, 3.8) is 0 Å². The molecule has 2 amide bonds. The molecule has 0 aromatic heterocycles. The number of nitrogens with one attached hydrogen (secondary N) is 2. The van der Waals surface area contributed by atoms with Gasteiger partial charge in [0.2, 0.25) is 5.91 Å². The van der Waals surface area contributed by atoms with Crippen LogP contribution in [0.5, 0.6) is 0 Å². The highest BCUT2D eigenvalue weighted by atomic mass is 35.5. The fourth-order valence-electron chi connectivity index (χ4n) is 3.29. The average molecular weight is 388 g/mol.